The summed E-state index contributed by atoms with van der Waals surface area (Å²) in [5, 5.41) is 0. The summed E-state index contributed by atoms with van der Waals surface area (Å²) in [6, 6.07) is 9.76. The molecule has 1 amide bonds. The van der Waals surface area contributed by atoms with Gasteiger partial charge in [0.05, 0.1) is 6.42 Å². The van der Waals surface area contributed by atoms with E-state index >= 15 is 0 Å². The van der Waals surface area contributed by atoms with Gasteiger partial charge in [-0.1, -0.05) is 44.2 Å². The number of carbonyl (C=O) groups is 1. The monoisotopic (exact) mass is 218 g/mol. The van der Waals surface area contributed by atoms with Crippen LogP contribution in [0.4, 0.5) is 0 Å². The zero-order chi connectivity index (χ0) is 11.8. The normalized spacial score (nSPS) is 10.1. The predicted octanol–water partition coefficient (Wildman–Crippen LogP) is 2.89. The first-order chi connectivity index (χ1) is 7.77. The molecule has 1 aromatic rings. The average Bonchev–Trinajstić information content (AvgIpc) is 2.30. The van der Waals surface area contributed by atoms with Gasteiger partial charge < -0.3 is 4.90 Å². The minimum Gasteiger partial charge on any atom is -0.342 e. The van der Waals surface area contributed by atoms with Gasteiger partial charge in [-0.05, 0) is 18.4 Å². The van der Waals surface area contributed by atoms with Crippen molar-refractivity contribution in [3.05, 3.63) is 42.3 Å². The second-order valence-electron chi connectivity index (χ2n) is 3.88. The predicted molar refractivity (Wildman–Crippen MR) is 67.0 cm³/mol. The molecule has 2 heteroatoms. The number of amides is 1. The number of rotatable bonds is 6. The number of nitrogens with zero attached hydrogens (tertiary/aromatic N) is 1. The average molecular weight is 218 g/mol. The van der Waals surface area contributed by atoms with Crippen molar-refractivity contribution in [1.82, 2.24) is 4.90 Å². The summed E-state index contributed by atoms with van der Waals surface area (Å²) >= 11 is 0. The van der Waals surface area contributed by atoms with E-state index in [2.05, 4.69) is 13.8 Å². The van der Waals surface area contributed by atoms with E-state index in [0.717, 1.165) is 31.5 Å². The van der Waals surface area contributed by atoms with Crippen LogP contribution in [0.5, 0.6) is 0 Å². The molecule has 0 N–H and O–H groups in total. The summed E-state index contributed by atoms with van der Waals surface area (Å²) in [6.07, 6.45) is 3.73. The Hall–Kier alpha value is -1.31. The van der Waals surface area contributed by atoms with Gasteiger partial charge in [0.2, 0.25) is 5.91 Å². The van der Waals surface area contributed by atoms with E-state index in [4.69, 9.17) is 0 Å². The lowest BCUT2D eigenvalue weighted by Gasteiger charge is -2.21. The third-order valence-corrected chi connectivity index (χ3v) is 2.39. The van der Waals surface area contributed by atoms with E-state index in [9.17, 15) is 4.79 Å². The standard InChI is InChI=1S/C14H20NO/c1-3-10-15(11-4-2)14(16)12-13-8-6-5-7-9-13/h5-9,12H,3-4,10-11H2,1-2H3. The molecule has 87 valence electrons. The maximum atomic E-state index is 12.0. The fraction of sp³-hybridized carbons (Fsp3) is 0.429. The fourth-order valence-electron chi connectivity index (χ4n) is 1.66. The van der Waals surface area contributed by atoms with E-state index in [1.807, 2.05) is 35.2 Å². The summed E-state index contributed by atoms with van der Waals surface area (Å²) < 4.78 is 0. The highest BCUT2D eigenvalue weighted by atomic mass is 16.2. The fourth-order valence-corrected chi connectivity index (χ4v) is 1.66. The molecule has 1 radical (unpaired) electrons. The molecule has 0 aliphatic heterocycles. The van der Waals surface area contributed by atoms with Gasteiger partial charge in [-0.3, -0.25) is 4.79 Å². The molecule has 0 bridgehead atoms. The minimum absolute atomic E-state index is 0.120. The first kappa shape index (κ1) is 12.8. The van der Waals surface area contributed by atoms with E-state index in [1.165, 1.54) is 0 Å². The van der Waals surface area contributed by atoms with Crippen LogP contribution in [0.15, 0.2) is 30.3 Å². The van der Waals surface area contributed by atoms with Crippen molar-refractivity contribution < 1.29 is 4.79 Å². The molecule has 0 saturated heterocycles. The van der Waals surface area contributed by atoms with Gasteiger partial charge >= 0.3 is 0 Å². The summed E-state index contributed by atoms with van der Waals surface area (Å²) in [5.41, 5.74) is 0.977. The maximum absolute atomic E-state index is 12.0. The highest BCUT2D eigenvalue weighted by Gasteiger charge is 2.12. The Bertz CT molecular complexity index is 302. The molecular formula is C14H20NO. The number of hydrogen-bond acceptors (Lipinski definition) is 1. The van der Waals surface area contributed by atoms with Crippen LogP contribution >= 0.6 is 0 Å². The summed E-state index contributed by atoms with van der Waals surface area (Å²) in [7, 11) is 0. The highest BCUT2D eigenvalue weighted by molar-refractivity contribution is 5.88. The molecule has 0 aliphatic rings. The second-order valence-corrected chi connectivity index (χ2v) is 3.88. The number of carbonyl (C=O) groups excluding carboxylic acids is 1. The summed E-state index contributed by atoms with van der Waals surface area (Å²) in [4.78, 5) is 13.9. The first-order valence-corrected chi connectivity index (χ1v) is 5.96. The molecule has 0 spiro atoms. The third kappa shape index (κ3) is 4.05. The molecule has 2 nitrogen and oxygen atoms in total. The Balaban J connectivity index is 2.55. The molecule has 16 heavy (non-hydrogen) atoms. The van der Waals surface area contributed by atoms with E-state index in [-0.39, 0.29) is 5.91 Å². The van der Waals surface area contributed by atoms with Crippen molar-refractivity contribution in [3.8, 4) is 0 Å². The smallest absolute Gasteiger partial charge is 0.231 e. The van der Waals surface area contributed by atoms with Gasteiger partial charge in [0.15, 0.2) is 0 Å². The van der Waals surface area contributed by atoms with Crippen LogP contribution in [0, 0.1) is 6.42 Å². The van der Waals surface area contributed by atoms with Crippen molar-refractivity contribution in [3.63, 3.8) is 0 Å². The van der Waals surface area contributed by atoms with Gasteiger partial charge in [0.25, 0.3) is 0 Å². The van der Waals surface area contributed by atoms with Crippen LogP contribution in [0.3, 0.4) is 0 Å². The SMILES string of the molecule is CCCN(CCC)C(=O)[CH]c1ccccc1. The Labute approximate surface area is 98.3 Å². The Morgan fingerprint density at radius 1 is 1.12 bits per heavy atom. The number of hydrogen-bond donors (Lipinski definition) is 0. The van der Waals surface area contributed by atoms with Crippen molar-refractivity contribution >= 4 is 5.91 Å². The molecule has 0 aromatic heterocycles. The molecular weight excluding hydrogens is 198 g/mol. The quantitative estimate of drug-likeness (QED) is 0.719. The first-order valence-electron chi connectivity index (χ1n) is 5.96. The van der Waals surface area contributed by atoms with Gasteiger partial charge in [0.1, 0.15) is 0 Å². The largest absolute Gasteiger partial charge is 0.342 e. The molecule has 1 aromatic carbocycles. The second kappa shape index (κ2) is 7.04. The van der Waals surface area contributed by atoms with Gasteiger partial charge in [0, 0.05) is 13.1 Å². The van der Waals surface area contributed by atoms with Crippen LogP contribution < -0.4 is 0 Å². The van der Waals surface area contributed by atoms with E-state index in [1.54, 1.807) is 6.42 Å². The van der Waals surface area contributed by atoms with Gasteiger partial charge in [-0.15, -0.1) is 0 Å². The van der Waals surface area contributed by atoms with Crippen molar-refractivity contribution in [2.75, 3.05) is 13.1 Å². The Morgan fingerprint density at radius 2 is 1.69 bits per heavy atom. The van der Waals surface area contributed by atoms with Crippen LogP contribution in [0.1, 0.15) is 32.3 Å². The minimum atomic E-state index is 0.120. The zero-order valence-electron chi connectivity index (χ0n) is 10.1. The lowest BCUT2D eigenvalue weighted by Crippen LogP contribution is -2.32. The third-order valence-electron chi connectivity index (χ3n) is 2.39. The zero-order valence-corrected chi connectivity index (χ0v) is 10.1. The molecule has 0 aliphatic carbocycles. The Morgan fingerprint density at radius 3 is 2.19 bits per heavy atom. The summed E-state index contributed by atoms with van der Waals surface area (Å²) in [5.74, 6) is 0.120. The number of benzene rings is 1. The van der Waals surface area contributed by atoms with Gasteiger partial charge in [-0.25, -0.2) is 0 Å². The van der Waals surface area contributed by atoms with E-state index in [0.29, 0.717) is 0 Å². The van der Waals surface area contributed by atoms with E-state index < -0.39 is 0 Å². The molecule has 1 rings (SSSR count). The van der Waals surface area contributed by atoms with Crippen LogP contribution in [-0.2, 0) is 4.79 Å². The highest BCUT2D eigenvalue weighted by Crippen LogP contribution is 2.06. The van der Waals surface area contributed by atoms with Crippen LogP contribution in [0.2, 0.25) is 0 Å². The van der Waals surface area contributed by atoms with Crippen LogP contribution in [-0.4, -0.2) is 23.9 Å². The van der Waals surface area contributed by atoms with Gasteiger partial charge in [-0.2, -0.15) is 0 Å². The van der Waals surface area contributed by atoms with Crippen molar-refractivity contribution in [2.45, 2.75) is 26.7 Å². The molecule has 0 atom stereocenters. The topological polar surface area (TPSA) is 20.3 Å². The van der Waals surface area contributed by atoms with Crippen molar-refractivity contribution in [2.24, 2.45) is 0 Å². The lowest BCUT2D eigenvalue weighted by molar-refractivity contribution is -0.127. The summed E-state index contributed by atoms with van der Waals surface area (Å²) in [6.45, 7) is 5.88. The molecule has 0 saturated carbocycles. The molecule has 0 heterocycles. The lowest BCUT2D eigenvalue weighted by atomic mass is 10.1. The van der Waals surface area contributed by atoms with Crippen LogP contribution in [0.25, 0.3) is 0 Å². The van der Waals surface area contributed by atoms with Crippen molar-refractivity contribution in [1.29, 1.82) is 0 Å². The molecule has 0 fully saturated rings. The molecule has 0 unspecified atom stereocenters. The maximum Gasteiger partial charge on any atom is 0.231 e. The Kier molecular flexibility index (Phi) is 5.62.